The van der Waals surface area contributed by atoms with E-state index in [0.717, 1.165) is 5.56 Å². The Bertz CT molecular complexity index is 965. The van der Waals surface area contributed by atoms with E-state index in [1.807, 2.05) is 60.7 Å². The molecule has 2 N–H and O–H groups in total. The molecule has 3 rings (SSSR count). The van der Waals surface area contributed by atoms with E-state index in [9.17, 15) is 4.79 Å². The monoisotopic (exact) mass is 424 g/mol. The number of nitrogens with one attached hydrogen (secondary N) is 2. The Morgan fingerprint density at radius 3 is 2.37 bits per heavy atom. The molecule has 0 bridgehead atoms. The summed E-state index contributed by atoms with van der Waals surface area (Å²) < 4.78 is 11.1. The van der Waals surface area contributed by atoms with E-state index in [1.165, 1.54) is 5.56 Å². The van der Waals surface area contributed by atoms with Crippen molar-refractivity contribution in [2.45, 2.75) is 19.5 Å². The van der Waals surface area contributed by atoms with Gasteiger partial charge in [0.15, 0.2) is 18.1 Å². The van der Waals surface area contributed by atoms with Crippen LogP contribution in [0.2, 0.25) is 5.02 Å². The van der Waals surface area contributed by atoms with Crippen LogP contribution in [0.4, 0.5) is 5.69 Å². The summed E-state index contributed by atoms with van der Waals surface area (Å²) in [5.74, 6) is 0.558. The van der Waals surface area contributed by atoms with Crippen molar-refractivity contribution >= 4 is 23.2 Å². The number of anilines is 1. The number of hydrogen-bond donors (Lipinski definition) is 2. The maximum atomic E-state index is 12.1. The molecule has 0 fully saturated rings. The Kier molecular flexibility index (Phi) is 7.71. The third kappa shape index (κ3) is 5.99. The number of carbonyl (C=O) groups excluding carboxylic acids is 1. The average Bonchev–Trinajstić information content (AvgIpc) is 2.77. The van der Waals surface area contributed by atoms with Crippen molar-refractivity contribution in [1.82, 2.24) is 5.32 Å². The molecule has 3 aromatic rings. The van der Waals surface area contributed by atoms with Crippen LogP contribution in [0.1, 0.15) is 24.1 Å². The molecule has 0 saturated heterocycles. The molecule has 156 valence electrons. The lowest BCUT2D eigenvalue weighted by Crippen LogP contribution is -2.20. The third-order valence-electron chi connectivity index (χ3n) is 4.61. The van der Waals surface area contributed by atoms with Crippen molar-refractivity contribution in [3.63, 3.8) is 0 Å². The summed E-state index contributed by atoms with van der Waals surface area (Å²) in [6.45, 7) is 2.55. The molecule has 0 aromatic heterocycles. The van der Waals surface area contributed by atoms with Crippen molar-refractivity contribution in [1.29, 1.82) is 0 Å². The van der Waals surface area contributed by atoms with Crippen LogP contribution in [0.15, 0.2) is 72.8 Å². The lowest BCUT2D eigenvalue weighted by molar-refractivity contribution is -0.118. The molecule has 6 heteroatoms. The van der Waals surface area contributed by atoms with E-state index >= 15 is 0 Å². The van der Waals surface area contributed by atoms with Crippen LogP contribution in [0, 0.1) is 0 Å². The van der Waals surface area contributed by atoms with Gasteiger partial charge in [-0.3, -0.25) is 4.79 Å². The van der Waals surface area contributed by atoms with Gasteiger partial charge in [-0.1, -0.05) is 60.1 Å². The van der Waals surface area contributed by atoms with Gasteiger partial charge in [-0.2, -0.15) is 0 Å². The second-order valence-corrected chi connectivity index (χ2v) is 7.23. The summed E-state index contributed by atoms with van der Waals surface area (Å²) in [4.78, 5) is 12.1. The van der Waals surface area contributed by atoms with Gasteiger partial charge in [0, 0.05) is 18.3 Å². The normalized spacial score (nSPS) is 11.6. The largest absolute Gasteiger partial charge is 0.493 e. The molecule has 0 radical (unpaired) electrons. The first-order valence-corrected chi connectivity index (χ1v) is 10.1. The fourth-order valence-corrected chi connectivity index (χ4v) is 3.29. The van der Waals surface area contributed by atoms with E-state index < -0.39 is 0 Å². The highest BCUT2D eigenvalue weighted by molar-refractivity contribution is 6.32. The zero-order valence-electron chi connectivity index (χ0n) is 17.0. The SMILES string of the molecule is COc1cc(CNC(C)c2ccccc2)cc(Cl)c1OCC(=O)Nc1ccccc1. The molecule has 1 unspecified atom stereocenters. The second-order valence-electron chi connectivity index (χ2n) is 6.83. The molecule has 0 aliphatic rings. The predicted octanol–water partition coefficient (Wildman–Crippen LogP) is 5.22. The Balaban J connectivity index is 1.61. The number of rotatable bonds is 9. The van der Waals surface area contributed by atoms with Crippen LogP contribution in [-0.2, 0) is 11.3 Å². The fourth-order valence-electron chi connectivity index (χ4n) is 3.00. The Morgan fingerprint density at radius 1 is 1.03 bits per heavy atom. The summed E-state index contributed by atoms with van der Waals surface area (Å²) in [6, 6.07) is 23.3. The van der Waals surface area contributed by atoms with Crippen LogP contribution in [-0.4, -0.2) is 19.6 Å². The van der Waals surface area contributed by atoms with Crippen molar-refractivity contribution in [2.75, 3.05) is 19.0 Å². The minimum atomic E-state index is -0.276. The summed E-state index contributed by atoms with van der Waals surface area (Å²) in [5.41, 5.74) is 2.87. The van der Waals surface area contributed by atoms with Crippen LogP contribution >= 0.6 is 11.6 Å². The molecule has 0 spiro atoms. The van der Waals surface area contributed by atoms with Gasteiger partial charge in [0.25, 0.3) is 5.91 Å². The summed E-state index contributed by atoms with van der Waals surface area (Å²) in [5, 5.41) is 6.64. The van der Waals surface area contributed by atoms with E-state index in [0.29, 0.717) is 28.8 Å². The van der Waals surface area contributed by atoms with E-state index in [2.05, 4.69) is 29.7 Å². The van der Waals surface area contributed by atoms with Crippen molar-refractivity contribution < 1.29 is 14.3 Å². The van der Waals surface area contributed by atoms with E-state index in [1.54, 1.807) is 7.11 Å². The minimum absolute atomic E-state index is 0.173. The highest BCUT2D eigenvalue weighted by Gasteiger charge is 2.15. The van der Waals surface area contributed by atoms with Crippen molar-refractivity contribution in [3.05, 3.63) is 88.9 Å². The first-order valence-electron chi connectivity index (χ1n) is 9.69. The van der Waals surface area contributed by atoms with Crippen molar-refractivity contribution in [2.24, 2.45) is 0 Å². The molecule has 3 aromatic carbocycles. The summed E-state index contributed by atoms with van der Waals surface area (Å²) >= 11 is 6.42. The number of methoxy groups -OCH3 is 1. The lowest BCUT2D eigenvalue weighted by Gasteiger charge is -2.17. The minimum Gasteiger partial charge on any atom is -0.493 e. The van der Waals surface area contributed by atoms with E-state index in [4.69, 9.17) is 21.1 Å². The van der Waals surface area contributed by atoms with Gasteiger partial charge in [0.05, 0.1) is 12.1 Å². The smallest absolute Gasteiger partial charge is 0.262 e. The van der Waals surface area contributed by atoms with Gasteiger partial charge in [-0.25, -0.2) is 0 Å². The second kappa shape index (κ2) is 10.7. The zero-order chi connectivity index (χ0) is 21.3. The van der Waals surface area contributed by atoms with Gasteiger partial charge in [0.2, 0.25) is 0 Å². The fraction of sp³-hybridized carbons (Fsp3) is 0.208. The number of hydrogen-bond acceptors (Lipinski definition) is 4. The van der Waals surface area contributed by atoms with Gasteiger partial charge >= 0.3 is 0 Å². The zero-order valence-corrected chi connectivity index (χ0v) is 17.8. The quantitative estimate of drug-likeness (QED) is 0.494. The number of benzene rings is 3. The Labute approximate surface area is 182 Å². The first-order chi connectivity index (χ1) is 14.6. The van der Waals surface area contributed by atoms with Crippen molar-refractivity contribution in [3.8, 4) is 11.5 Å². The third-order valence-corrected chi connectivity index (χ3v) is 4.89. The van der Waals surface area contributed by atoms with Crippen LogP contribution < -0.4 is 20.1 Å². The standard InChI is InChI=1S/C24H25ClN2O3/c1-17(19-9-5-3-6-10-19)26-15-18-13-21(25)24(22(14-18)29-2)30-16-23(28)27-20-11-7-4-8-12-20/h3-14,17,26H,15-16H2,1-2H3,(H,27,28). The lowest BCUT2D eigenvalue weighted by atomic mass is 10.1. The molecular weight excluding hydrogens is 400 g/mol. The number of halogens is 1. The highest BCUT2D eigenvalue weighted by Crippen LogP contribution is 2.36. The highest BCUT2D eigenvalue weighted by atomic mass is 35.5. The first kappa shape index (κ1) is 21.7. The van der Waals surface area contributed by atoms with Gasteiger partial charge in [-0.05, 0) is 42.3 Å². The van der Waals surface area contributed by atoms with E-state index in [-0.39, 0.29) is 18.6 Å². The van der Waals surface area contributed by atoms with Gasteiger partial charge in [0.1, 0.15) is 0 Å². The Morgan fingerprint density at radius 2 is 1.70 bits per heavy atom. The number of amides is 1. The topological polar surface area (TPSA) is 59.6 Å². The number of para-hydroxylation sites is 1. The molecule has 1 amide bonds. The number of ether oxygens (including phenoxy) is 2. The molecule has 30 heavy (non-hydrogen) atoms. The van der Waals surface area contributed by atoms with Crippen LogP contribution in [0.25, 0.3) is 0 Å². The molecule has 0 aliphatic heterocycles. The molecule has 5 nitrogen and oxygen atoms in total. The number of carbonyl (C=O) groups is 1. The molecule has 0 saturated carbocycles. The average molecular weight is 425 g/mol. The van der Waals surface area contributed by atoms with Crippen LogP contribution in [0.5, 0.6) is 11.5 Å². The van der Waals surface area contributed by atoms with Gasteiger partial charge < -0.3 is 20.1 Å². The summed E-state index contributed by atoms with van der Waals surface area (Å²) in [6.07, 6.45) is 0. The predicted molar refractivity (Wildman–Crippen MR) is 120 cm³/mol. The molecule has 0 aliphatic carbocycles. The molecule has 0 heterocycles. The van der Waals surface area contributed by atoms with Gasteiger partial charge in [-0.15, -0.1) is 0 Å². The summed E-state index contributed by atoms with van der Waals surface area (Å²) in [7, 11) is 1.55. The maximum absolute atomic E-state index is 12.1. The molecule has 1 atom stereocenters. The molecular formula is C24H25ClN2O3. The maximum Gasteiger partial charge on any atom is 0.262 e. The van der Waals surface area contributed by atoms with Crippen LogP contribution in [0.3, 0.4) is 0 Å². The Hall–Kier alpha value is -3.02.